The monoisotopic (exact) mass is 428 g/mol. The lowest BCUT2D eigenvalue weighted by molar-refractivity contribution is 0.102. The minimum Gasteiger partial charge on any atom is -0.369 e. The topological polar surface area (TPSA) is 73.0 Å². The van der Waals surface area contributed by atoms with Crippen molar-refractivity contribution in [1.29, 1.82) is 0 Å². The summed E-state index contributed by atoms with van der Waals surface area (Å²) < 4.78 is 25.7. The number of aryl methyl sites for hydroxylation is 1. The van der Waals surface area contributed by atoms with E-state index in [1.807, 2.05) is 19.1 Å². The number of piperazine rings is 1. The third kappa shape index (κ3) is 4.29. The molecule has 1 amide bonds. The van der Waals surface area contributed by atoms with Crippen molar-refractivity contribution in [2.75, 3.05) is 60.0 Å². The molecular formula is C22H28N4O3S. The molecule has 8 heteroatoms. The number of amides is 1. The van der Waals surface area contributed by atoms with Crippen LogP contribution in [0.4, 0.5) is 17.1 Å². The molecule has 7 nitrogen and oxygen atoms in total. The highest BCUT2D eigenvalue weighted by Gasteiger charge is 2.28. The van der Waals surface area contributed by atoms with E-state index in [1.54, 1.807) is 24.3 Å². The predicted octanol–water partition coefficient (Wildman–Crippen LogP) is 2.54. The van der Waals surface area contributed by atoms with Crippen molar-refractivity contribution in [3.05, 3.63) is 53.6 Å². The van der Waals surface area contributed by atoms with Crippen LogP contribution in [0.25, 0.3) is 0 Å². The quantitative estimate of drug-likeness (QED) is 0.810. The zero-order valence-electron chi connectivity index (χ0n) is 17.5. The molecule has 30 heavy (non-hydrogen) atoms. The molecule has 0 atom stereocenters. The third-order valence-corrected chi connectivity index (χ3v) is 7.69. The Balaban J connectivity index is 1.48. The number of hydrogen-bond acceptors (Lipinski definition) is 5. The Bertz CT molecular complexity index is 1050. The van der Waals surface area contributed by atoms with Gasteiger partial charge in [0, 0.05) is 49.7 Å². The highest BCUT2D eigenvalue weighted by atomic mass is 32.2. The summed E-state index contributed by atoms with van der Waals surface area (Å²) in [5.41, 5.74) is 3.91. The van der Waals surface area contributed by atoms with E-state index in [2.05, 4.69) is 28.2 Å². The van der Waals surface area contributed by atoms with Crippen LogP contribution in [0.15, 0.2) is 42.5 Å². The number of anilines is 3. The largest absolute Gasteiger partial charge is 0.369 e. The van der Waals surface area contributed by atoms with Gasteiger partial charge in [0.05, 0.1) is 11.4 Å². The summed E-state index contributed by atoms with van der Waals surface area (Å²) in [6.07, 6.45) is 0.609. The van der Waals surface area contributed by atoms with Gasteiger partial charge in [0.15, 0.2) is 0 Å². The second-order valence-electron chi connectivity index (χ2n) is 8.04. The zero-order chi connectivity index (χ0) is 21.3. The number of likely N-dealkylation sites (N-methyl/N-ethyl adjacent to an activating group) is 1. The van der Waals surface area contributed by atoms with Crippen molar-refractivity contribution in [2.45, 2.75) is 13.3 Å². The normalized spacial score (nSPS) is 19.1. The first-order valence-electron chi connectivity index (χ1n) is 10.3. The summed E-state index contributed by atoms with van der Waals surface area (Å²) in [7, 11) is -1.14. The Kier molecular flexibility index (Phi) is 5.71. The number of nitrogens with zero attached hydrogens (tertiary/aromatic N) is 3. The number of rotatable bonds is 4. The van der Waals surface area contributed by atoms with E-state index in [1.165, 1.54) is 9.99 Å². The predicted molar refractivity (Wildman–Crippen MR) is 121 cm³/mol. The van der Waals surface area contributed by atoms with Crippen molar-refractivity contribution in [2.24, 2.45) is 0 Å². The van der Waals surface area contributed by atoms with Crippen LogP contribution in [-0.2, 0) is 10.0 Å². The Morgan fingerprint density at radius 1 is 0.967 bits per heavy atom. The van der Waals surface area contributed by atoms with E-state index in [0.29, 0.717) is 24.2 Å². The molecule has 0 saturated carbocycles. The number of sulfonamides is 1. The molecule has 0 aromatic heterocycles. The van der Waals surface area contributed by atoms with Gasteiger partial charge in [0.1, 0.15) is 0 Å². The van der Waals surface area contributed by atoms with Crippen molar-refractivity contribution >= 4 is 33.0 Å². The molecule has 2 aromatic rings. The molecule has 4 rings (SSSR count). The lowest BCUT2D eigenvalue weighted by Gasteiger charge is -2.34. The average molecular weight is 429 g/mol. The van der Waals surface area contributed by atoms with Crippen LogP contribution in [0.3, 0.4) is 0 Å². The van der Waals surface area contributed by atoms with Crippen LogP contribution >= 0.6 is 0 Å². The van der Waals surface area contributed by atoms with Gasteiger partial charge in [-0.3, -0.25) is 9.10 Å². The van der Waals surface area contributed by atoms with Gasteiger partial charge >= 0.3 is 0 Å². The van der Waals surface area contributed by atoms with E-state index in [-0.39, 0.29) is 11.7 Å². The zero-order valence-corrected chi connectivity index (χ0v) is 18.3. The maximum atomic E-state index is 12.8. The average Bonchev–Trinajstić information content (AvgIpc) is 3.09. The molecule has 2 aliphatic heterocycles. The van der Waals surface area contributed by atoms with Gasteiger partial charge < -0.3 is 15.1 Å². The Morgan fingerprint density at radius 3 is 2.40 bits per heavy atom. The molecule has 2 saturated heterocycles. The second-order valence-corrected chi connectivity index (χ2v) is 10.0. The summed E-state index contributed by atoms with van der Waals surface area (Å²) in [6.45, 7) is 6.52. The molecule has 2 fully saturated rings. The highest BCUT2D eigenvalue weighted by Crippen LogP contribution is 2.27. The maximum Gasteiger partial charge on any atom is 0.255 e. The number of hydrogen-bond donors (Lipinski definition) is 1. The fourth-order valence-electron chi connectivity index (χ4n) is 3.98. The lowest BCUT2D eigenvalue weighted by Crippen LogP contribution is -2.44. The Labute approximate surface area is 178 Å². The number of carbonyl (C=O) groups excluding carboxylic acids is 1. The molecule has 0 bridgehead atoms. The molecule has 1 N–H and O–H groups in total. The van der Waals surface area contributed by atoms with Gasteiger partial charge in [-0.2, -0.15) is 0 Å². The molecule has 160 valence electrons. The summed E-state index contributed by atoms with van der Waals surface area (Å²) in [5, 5.41) is 2.97. The van der Waals surface area contributed by atoms with E-state index in [4.69, 9.17) is 0 Å². The standard InChI is InChI=1S/C22H28N4O3S/c1-17-15-19(25-12-10-24(2)11-13-25)7-8-21(17)23-22(27)18-5-3-6-20(16-18)26-9-4-14-30(26,28)29/h3,5-8,15-16H,4,9-14H2,1-2H3,(H,23,27). The minimum absolute atomic E-state index is 0.155. The molecule has 0 unspecified atom stereocenters. The molecule has 0 aliphatic carbocycles. The Hall–Kier alpha value is -2.58. The first-order chi connectivity index (χ1) is 14.3. The first kappa shape index (κ1) is 20.7. The van der Waals surface area contributed by atoms with E-state index in [0.717, 1.165) is 37.4 Å². The number of nitrogens with one attached hydrogen (secondary N) is 1. The summed E-state index contributed by atoms with van der Waals surface area (Å²) >= 11 is 0. The SMILES string of the molecule is Cc1cc(N2CCN(C)CC2)ccc1NC(=O)c1cccc(N2CCCS2(=O)=O)c1. The minimum atomic E-state index is -3.27. The highest BCUT2D eigenvalue weighted by molar-refractivity contribution is 7.93. The Morgan fingerprint density at radius 2 is 1.73 bits per heavy atom. The van der Waals surface area contributed by atoms with Crippen LogP contribution in [0, 0.1) is 6.92 Å². The van der Waals surface area contributed by atoms with E-state index < -0.39 is 10.0 Å². The molecule has 2 aromatic carbocycles. The van der Waals surface area contributed by atoms with Crippen molar-refractivity contribution in [3.63, 3.8) is 0 Å². The number of carbonyl (C=O) groups is 1. The van der Waals surface area contributed by atoms with Crippen LogP contribution < -0.4 is 14.5 Å². The van der Waals surface area contributed by atoms with Crippen LogP contribution in [-0.4, -0.2) is 64.7 Å². The first-order valence-corrected chi connectivity index (χ1v) is 11.9. The number of benzene rings is 2. The van der Waals surface area contributed by atoms with Gasteiger partial charge in [-0.1, -0.05) is 6.07 Å². The summed E-state index contributed by atoms with van der Waals surface area (Å²) in [6, 6.07) is 12.9. The summed E-state index contributed by atoms with van der Waals surface area (Å²) in [5.74, 6) is -0.0914. The fraction of sp³-hybridized carbons (Fsp3) is 0.409. The van der Waals surface area contributed by atoms with Gasteiger partial charge in [-0.25, -0.2) is 8.42 Å². The lowest BCUT2D eigenvalue weighted by atomic mass is 10.1. The molecular weight excluding hydrogens is 400 g/mol. The van der Waals surface area contributed by atoms with Crippen molar-refractivity contribution in [1.82, 2.24) is 4.90 Å². The van der Waals surface area contributed by atoms with E-state index in [9.17, 15) is 13.2 Å². The van der Waals surface area contributed by atoms with Gasteiger partial charge in [0.25, 0.3) is 5.91 Å². The van der Waals surface area contributed by atoms with E-state index >= 15 is 0 Å². The fourth-order valence-corrected chi connectivity index (χ4v) is 5.53. The third-order valence-electron chi connectivity index (χ3n) is 5.82. The smallest absolute Gasteiger partial charge is 0.255 e. The van der Waals surface area contributed by atoms with Crippen LogP contribution in [0.1, 0.15) is 22.3 Å². The molecule has 0 radical (unpaired) electrons. The second kappa shape index (κ2) is 8.28. The van der Waals surface area contributed by atoms with Gasteiger partial charge in [-0.15, -0.1) is 0 Å². The molecule has 2 heterocycles. The van der Waals surface area contributed by atoms with Crippen molar-refractivity contribution in [3.8, 4) is 0 Å². The van der Waals surface area contributed by atoms with Crippen LogP contribution in [0.5, 0.6) is 0 Å². The van der Waals surface area contributed by atoms with Gasteiger partial charge in [-0.05, 0) is 62.4 Å². The van der Waals surface area contributed by atoms with Gasteiger partial charge in [0.2, 0.25) is 10.0 Å². The van der Waals surface area contributed by atoms with Crippen LogP contribution in [0.2, 0.25) is 0 Å². The molecule has 2 aliphatic rings. The molecule has 0 spiro atoms. The van der Waals surface area contributed by atoms with Crippen molar-refractivity contribution < 1.29 is 13.2 Å². The summed E-state index contributed by atoms with van der Waals surface area (Å²) in [4.78, 5) is 17.5. The maximum absolute atomic E-state index is 12.8.